The second-order valence-electron chi connectivity index (χ2n) is 5.72. The summed E-state index contributed by atoms with van der Waals surface area (Å²) >= 11 is 0. The molecule has 2 rings (SSSR count). The van der Waals surface area contributed by atoms with E-state index in [2.05, 4.69) is 34.7 Å². The Kier molecular flexibility index (Phi) is 8.67. The van der Waals surface area contributed by atoms with Crippen LogP contribution in [0, 0.1) is 6.92 Å². The Bertz CT molecular complexity index is 619. The number of nitrogens with zero attached hydrogens (tertiary/aromatic N) is 3. The molecule has 1 aliphatic rings. The molecule has 25 heavy (non-hydrogen) atoms. The highest BCUT2D eigenvalue weighted by Crippen LogP contribution is 2.09. The Morgan fingerprint density at radius 2 is 2.08 bits per heavy atom. The van der Waals surface area contributed by atoms with Crippen LogP contribution in [0.25, 0.3) is 0 Å². The third kappa shape index (κ3) is 5.87. The van der Waals surface area contributed by atoms with Crippen LogP contribution in [-0.4, -0.2) is 60.9 Å². The summed E-state index contributed by atoms with van der Waals surface area (Å²) in [5.41, 5.74) is 2.47. The quantitative estimate of drug-likeness (QED) is 0.293. The Morgan fingerprint density at radius 3 is 2.68 bits per heavy atom. The molecule has 2 N–H and O–H groups in total. The third-order valence-electron chi connectivity index (χ3n) is 3.89. The van der Waals surface area contributed by atoms with E-state index in [1.165, 1.54) is 16.0 Å². The fourth-order valence-corrected chi connectivity index (χ4v) is 2.53. The lowest BCUT2D eigenvalue weighted by Gasteiger charge is -2.23. The molecule has 1 fully saturated rings. The monoisotopic (exact) mass is 459 g/mol. The molecule has 138 valence electrons. The number of rotatable bonds is 6. The molecule has 0 aliphatic carbocycles. The van der Waals surface area contributed by atoms with Crippen molar-refractivity contribution in [3.63, 3.8) is 0 Å². The lowest BCUT2D eigenvalue weighted by atomic mass is 10.1. The van der Waals surface area contributed by atoms with Gasteiger partial charge in [0, 0.05) is 20.1 Å². The lowest BCUT2D eigenvalue weighted by Crippen LogP contribution is -2.39. The van der Waals surface area contributed by atoms with Gasteiger partial charge in [-0.3, -0.25) is 14.7 Å². The molecular formula is C17H26IN5O2. The molecular weight excluding hydrogens is 433 g/mol. The number of nitrogens with one attached hydrogen (secondary N) is 2. The van der Waals surface area contributed by atoms with E-state index in [-0.39, 0.29) is 49.0 Å². The van der Waals surface area contributed by atoms with E-state index < -0.39 is 0 Å². The van der Waals surface area contributed by atoms with Crippen molar-refractivity contribution in [2.45, 2.75) is 20.4 Å². The number of urea groups is 1. The van der Waals surface area contributed by atoms with Crippen molar-refractivity contribution < 1.29 is 9.59 Å². The van der Waals surface area contributed by atoms with E-state index in [9.17, 15) is 9.59 Å². The van der Waals surface area contributed by atoms with E-state index in [1.807, 2.05) is 31.0 Å². The number of carbonyl (C=O) groups excluding carboxylic acids is 2. The first-order chi connectivity index (χ1) is 11.5. The Hall–Kier alpha value is -1.84. The molecule has 1 heterocycles. The van der Waals surface area contributed by atoms with Gasteiger partial charge in [-0.1, -0.05) is 24.3 Å². The molecule has 0 spiro atoms. The van der Waals surface area contributed by atoms with Crippen molar-refractivity contribution in [1.29, 1.82) is 0 Å². The third-order valence-corrected chi connectivity index (χ3v) is 3.89. The normalized spacial score (nSPS) is 14.2. The van der Waals surface area contributed by atoms with Gasteiger partial charge in [-0.2, -0.15) is 0 Å². The minimum atomic E-state index is -0.339. The number of hydrogen-bond acceptors (Lipinski definition) is 3. The summed E-state index contributed by atoms with van der Waals surface area (Å²) in [4.78, 5) is 30.9. The van der Waals surface area contributed by atoms with Crippen LogP contribution in [0.3, 0.4) is 0 Å². The highest BCUT2D eigenvalue weighted by molar-refractivity contribution is 14.0. The largest absolute Gasteiger partial charge is 0.357 e. The first kappa shape index (κ1) is 21.2. The van der Waals surface area contributed by atoms with E-state index in [1.54, 1.807) is 0 Å². The van der Waals surface area contributed by atoms with Gasteiger partial charge in [0.15, 0.2) is 5.96 Å². The number of aryl methyl sites for hydroxylation is 1. The molecule has 7 nitrogen and oxygen atoms in total. The fraction of sp³-hybridized carbons (Fsp3) is 0.471. The second kappa shape index (κ2) is 10.2. The number of aliphatic imine (C=N–C) groups is 1. The van der Waals surface area contributed by atoms with Crippen molar-refractivity contribution in [1.82, 2.24) is 20.4 Å². The van der Waals surface area contributed by atoms with Crippen LogP contribution in [0.1, 0.15) is 18.1 Å². The zero-order valence-corrected chi connectivity index (χ0v) is 17.2. The van der Waals surface area contributed by atoms with Gasteiger partial charge in [0.2, 0.25) is 5.91 Å². The van der Waals surface area contributed by atoms with Gasteiger partial charge in [0.05, 0.1) is 19.6 Å². The maximum absolute atomic E-state index is 11.6. The number of imide groups is 1. The van der Waals surface area contributed by atoms with Crippen molar-refractivity contribution in [2.75, 3.05) is 33.2 Å². The van der Waals surface area contributed by atoms with Crippen LogP contribution < -0.4 is 10.6 Å². The summed E-state index contributed by atoms with van der Waals surface area (Å²) in [6.45, 7) is 6.33. The van der Waals surface area contributed by atoms with Gasteiger partial charge in [-0.15, -0.1) is 24.0 Å². The predicted molar refractivity (Wildman–Crippen MR) is 109 cm³/mol. The van der Waals surface area contributed by atoms with E-state index in [4.69, 9.17) is 0 Å². The number of hydrogen-bond donors (Lipinski definition) is 2. The molecule has 0 radical (unpaired) electrons. The van der Waals surface area contributed by atoms with Crippen molar-refractivity contribution in [2.24, 2.45) is 4.99 Å². The molecule has 1 aromatic carbocycles. The predicted octanol–water partition coefficient (Wildman–Crippen LogP) is 1.56. The topological polar surface area (TPSA) is 77.0 Å². The number of guanidine groups is 1. The van der Waals surface area contributed by atoms with Gasteiger partial charge in [0.25, 0.3) is 0 Å². The van der Waals surface area contributed by atoms with Gasteiger partial charge < -0.3 is 15.5 Å². The highest BCUT2D eigenvalue weighted by Gasteiger charge is 2.27. The minimum Gasteiger partial charge on any atom is -0.357 e. The fourth-order valence-electron chi connectivity index (χ4n) is 2.53. The van der Waals surface area contributed by atoms with Crippen molar-refractivity contribution in [3.05, 3.63) is 35.4 Å². The standard InChI is InChI=1S/C17H25N5O2.HI/c1-4-18-16(19-9-10-22-15(23)11-20-17(22)24)21(3)12-14-8-6-5-7-13(14)2;/h5-8H,4,9-12H2,1-3H3,(H,18,19)(H,20,24);1H. The first-order valence-electron chi connectivity index (χ1n) is 8.15. The highest BCUT2D eigenvalue weighted by atomic mass is 127. The smallest absolute Gasteiger partial charge is 0.324 e. The molecule has 0 aromatic heterocycles. The summed E-state index contributed by atoms with van der Waals surface area (Å²) in [6, 6.07) is 7.90. The van der Waals surface area contributed by atoms with E-state index >= 15 is 0 Å². The Balaban J connectivity index is 0.00000312. The summed E-state index contributed by atoms with van der Waals surface area (Å²) in [7, 11) is 1.97. The second-order valence-corrected chi connectivity index (χ2v) is 5.72. The minimum absolute atomic E-state index is 0. The Morgan fingerprint density at radius 1 is 1.36 bits per heavy atom. The SMILES string of the molecule is CCNC(=NCCN1C(=O)CNC1=O)N(C)Cc1ccccc1C.I. The van der Waals surface area contributed by atoms with Gasteiger partial charge in [-0.25, -0.2) is 4.79 Å². The Labute approximate surface area is 165 Å². The number of carbonyl (C=O) groups is 2. The maximum Gasteiger partial charge on any atom is 0.324 e. The molecule has 0 unspecified atom stereocenters. The summed E-state index contributed by atoms with van der Waals surface area (Å²) < 4.78 is 0. The average Bonchev–Trinajstić information content (AvgIpc) is 2.88. The zero-order valence-electron chi connectivity index (χ0n) is 14.9. The number of amides is 3. The lowest BCUT2D eigenvalue weighted by molar-refractivity contribution is -0.124. The van der Waals surface area contributed by atoms with Crippen molar-refractivity contribution >= 4 is 41.9 Å². The molecule has 0 saturated carbocycles. The summed E-state index contributed by atoms with van der Waals surface area (Å²) in [5, 5.41) is 5.75. The zero-order chi connectivity index (χ0) is 17.5. The maximum atomic E-state index is 11.6. The first-order valence-corrected chi connectivity index (χ1v) is 8.15. The van der Waals surface area contributed by atoms with Crippen LogP contribution >= 0.6 is 24.0 Å². The van der Waals surface area contributed by atoms with Crippen LogP contribution in [0.4, 0.5) is 4.79 Å². The van der Waals surface area contributed by atoms with E-state index in [0.717, 1.165) is 19.0 Å². The number of benzene rings is 1. The molecule has 0 atom stereocenters. The van der Waals surface area contributed by atoms with Crippen LogP contribution in [-0.2, 0) is 11.3 Å². The van der Waals surface area contributed by atoms with Crippen LogP contribution in [0.5, 0.6) is 0 Å². The average molecular weight is 459 g/mol. The molecule has 0 bridgehead atoms. The molecule has 8 heteroatoms. The number of halogens is 1. The molecule has 3 amide bonds. The molecule has 1 aliphatic heterocycles. The van der Waals surface area contributed by atoms with E-state index in [0.29, 0.717) is 6.54 Å². The van der Waals surface area contributed by atoms with Gasteiger partial charge in [-0.05, 0) is 25.0 Å². The summed E-state index contributed by atoms with van der Waals surface area (Å²) in [5.74, 6) is 0.557. The van der Waals surface area contributed by atoms with Gasteiger partial charge >= 0.3 is 6.03 Å². The molecule has 1 aromatic rings. The van der Waals surface area contributed by atoms with Crippen molar-refractivity contribution in [3.8, 4) is 0 Å². The van der Waals surface area contributed by atoms with Crippen LogP contribution in [0.2, 0.25) is 0 Å². The van der Waals surface area contributed by atoms with Gasteiger partial charge in [0.1, 0.15) is 0 Å². The molecule has 1 saturated heterocycles. The summed E-state index contributed by atoms with van der Waals surface area (Å²) in [6.07, 6.45) is 0. The van der Waals surface area contributed by atoms with Crippen LogP contribution in [0.15, 0.2) is 29.3 Å².